The van der Waals surface area contributed by atoms with E-state index in [1.54, 1.807) is 0 Å². The van der Waals surface area contributed by atoms with Crippen LogP contribution in [0.5, 0.6) is 0 Å². The van der Waals surface area contributed by atoms with E-state index in [0.717, 1.165) is 12.8 Å². The van der Waals surface area contributed by atoms with Gasteiger partial charge in [-0.2, -0.15) is 0 Å². The van der Waals surface area contributed by atoms with Gasteiger partial charge >= 0.3 is 5.97 Å². The first-order chi connectivity index (χ1) is 11.6. The predicted octanol–water partition coefficient (Wildman–Crippen LogP) is 1.48. The first-order valence-electron chi connectivity index (χ1n) is 8.40. The number of rotatable bonds is 5. The highest BCUT2D eigenvalue weighted by Gasteiger charge is 2.38. The Bertz CT molecular complexity index is 582. The number of ether oxygens (including phenoxy) is 2. The molecule has 2 atom stereocenters. The topological polar surface area (TPSA) is 84.9 Å². The lowest BCUT2D eigenvalue weighted by Crippen LogP contribution is -2.47. The molecule has 0 saturated carbocycles. The second-order valence-corrected chi connectivity index (χ2v) is 6.51. The number of carbonyl (C=O) groups excluding carboxylic acids is 1. The number of benzene rings is 1. The van der Waals surface area contributed by atoms with Crippen molar-refractivity contribution in [2.45, 2.75) is 43.3 Å². The standard InChI is InChI=1S/C18H23NO5/c20-16(14-6-7-15(24-14)17(21)22)19-12-18(8-10-23-11-9-18)13-4-2-1-3-5-13/h1-5,14-15H,6-12H2,(H,19,20)(H,21,22)/t14-,15+/m0/s1. The van der Waals surface area contributed by atoms with Gasteiger partial charge in [-0.1, -0.05) is 30.3 Å². The Morgan fingerprint density at radius 1 is 1.12 bits per heavy atom. The highest BCUT2D eigenvalue weighted by Crippen LogP contribution is 2.34. The fourth-order valence-electron chi connectivity index (χ4n) is 3.50. The summed E-state index contributed by atoms with van der Waals surface area (Å²) in [6, 6.07) is 10.2. The monoisotopic (exact) mass is 333 g/mol. The Kier molecular flexibility index (Phi) is 5.16. The first kappa shape index (κ1) is 16.9. The fourth-order valence-corrected chi connectivity index (χ4v) is 3.50. The van der Waals surface area contributed by atoms with E-state index in [2.05, 4.69) is 17.4 Å². The van der Waals surface area contributed by atoms with E-state index >= 15 is 0 Å². The third-order valence-corrected chi connectivity index (χ3v) is 5.02. The van der Waals surface area contributed by atoms with Crippen molar-refractivity contribution in [2.75, 3.05) is 19.8 Å². The maximum atomic E-state index is 12.4. The van der Waals surface area contributed by atoms with Crippen LogP contribution in [0.15, 0.2) is 30.3 Å². The molecular formula is C18H23NO5. The smallest absolute Gasteiger partial charge is 0.332 e. The second-order valence-electron chi connectivity index (χ2n) is 6.51. The van der Waals surface area contributed by atoms with E-state index in [4.69, 9.17) is 14.6 Å². The quantitative estimate of drug-likeness (QED) is 0.853. The molecule has 3 rings (SSSR count). The van der Waals surface area contributed by atoms with E-state index in [1.165, 1.54) is 5.56 Å². The van der Waals surface area contributed by atoms with Crippen LogP contribution in [0.2, 0.25) is 0 Å². The summed E-state index contributed by atoms with van der Waals surface area (Å²) in [6.07, 6.45) is 0.988. The van der Waals surface area contributed by atoms with Crippen molar-refractivity contribution in [3.05, 3.63) is 35.9 Å². The first-order valence-corrected chi connectivity index (χ1v) is 8.40. The van der Waals surface area contributed by atoms with E-state index in [0.29, 0.717) is 32.6 Å². The van der Waals surface area contributed by atoms with Crippen molar-refractivity contribution in [3.63, 3.8) is 0 Å². The Labute approximate surface area is 141 Å². The third-order valence-electron chi connectivity index (χ3n) is 5.02. The fraction of sp³-hybridized carbons (Fsp3) is 0.556. The minimum Gasteiger partial charge on any atom is -0.479 e. The highest BCUT2D eigenvalue weighted by atomic mass is 16.5. The van der Waals surface area contributed by atoms with Crippen LogP contribution >= 0.6 is 0 Å². The minimum absolute atomic E-state index is 0.139. The highest BCUT2D eigenvalue weighted by molar-refractivity contribution is 5.82. The van der Waals surface area contributed by atoms with Gasteiger partial charge in [-0.15, -0.1) is 0 Å². The van der Waals surface area contributed by atoms with Crippen LogP contribution in [0.4, 0.5) is 0 Å². The lowest BCUT2D eigenvalue weighted by atomic mass is 9.74. The summed E-state index contributed by atoms with van der Waals surface area (Å²) in [5.74, 6) is -1.23. The number of carbonyl (C=O) groups is 2. The van der Waals surface area contributed by atoms with E-state index < -0.39 is 18.2 Å². The molecule has 0 radical (unpaired) electrons. The molecule has 2 saturated heterocycles. The zero-order chi connectivity index (χ0) is 17.0. The molecule has 6 heteroatoms. The molecule has 0 spiro atoms. The largest absolute Gasteiger partial charge is 0.479 e. The second kappa shape index (κ2) is 7.32. The SMILES string of the molecule is O=C(NCC1(c2ccccc2)CCOCC1)[C@@H]1CC[C@H](C(=O)O)O1. The van der Waals surface area contributed by atoms with Gasteiger partial charge in [0.05, 0.1) is 0 Å². The van der Waals surface area contributed by atoms with Gasteiger partial charge in [-0.3, -0.25) is 4.79 Å². The number of carboxylic acid groups (broad SMARTS) is 1. The van der Waals surface area contributed by atoms with Crippen molar-refractivity contribution in [2.24, 2.45) is 0 Å². The lowest BCUT2D eigenvalue weighted by molar-refractivity contribution is -0.151. The Hall–Kier alpha value is -1.92. The van der Waals surface area contributed by atoms with Gasteiger partial charge in [0.2, 0.25) is 5.91 Å². The number of hydrogen-bond donors (Lipinski definition) is 2. The molecule has 2 fully saturated rings. The van der Waals surface area contributed by atoms with Crippen molar-refractivity contribution in [1.29, 1.82) is 0 Å². The Balaban J connectivity index is 1.64. The molecule has 6 nitrogen and oxygen atoms in total. The minimum atomic E-state index is -1.00. The number of nitrogens with one attached hydrogen (secondary N) is 1. The van der Waals surface area contributed by atoms with Gasteiger partial charge in [0.1, 0.15) is 6.10 Å². The van der Waals surface area contributed by atoms with Crippen LogP contribution in [0.1, 0.15) is 31.2 Å². The molecule has 0 bridgehead atoms. The van der Waals surface area contributed by atoms with Crippen molar-refractivity contribution in [1.82, 2.24) is 5.32 Å². The molecule has 130 valence electrons. The number of hydrogen-bond acceptors (Lipinski definition) is 4. The van der Waals surface area contributed by atoms with Gasteiger partial charge in [0, 0.05) is 25.2 Å². The number of aliphatic carboxylic acids is 1. The zero-order valence-electron chi connectivity index (χ0n) is 13.6. The summed E-state index contributed by atoms with van der Waals surface area (Å²) in [5.41, 5.74) is 1.06. The summed E-state index contributed by atoms with van der Waals surface area (Å²) < 4.78 is 10.8. The van der Waals surface area contributed by atoms with Gasteiger partial charge in [-0.05, 0) is 31.2 Å². The molecule has 2 aliphatic heterocycles. The van der Waals surface area contributed by atoms with Gasteiger partial charge < -0.3 is 19.9 Å². The summed E-state index contributed by atoms with van der Waals surface area (Å²) >= 11 is 0. The van der Waals surface area contributed by atoms with Crippen molar-refractivity contribution < 1.29 is 24.2 Å². The molecule has 2 aliphatic rings. The predicted molar refractivity (Wildman–Crippen MR) is 86.7 cm³/mol. The molecule has 0 aromatic heterocycles. The summed E-state index contributed by atoms with van der Waals surface area (Å²) in [5, 5.41) is 11.9. The van der Waals surface area contributed by atoms with Crippen LogP contribution in [-0.4, -0.2) is 48.9 Å². The van der Waals surface area contributed by atoms with Crippen LogP contribution in [0.3, 0.4) is 0 Å². The normalized spacial score (nSPS) is 26.0. The average Bonchev–Trinajstić information content (AvgIpc) is 3.12. The molecule has 2 heterocycles. The van der Waals surface area contributed by atoms with E-state index in [1.807, 2.05) is 18.2 Å². The Morgan fingerprint density at radius 2 is 1.79 bits per heavy atom. The molecule has 1 aromatic rings. The molecule has 24 heavy (non-hydrogen) atoms. The van der Waals surface area contributed by atoms with Crippen molar-refractivity contribution in [3.8, 4) is 0 Å². The average molecular weight is 333 g/mol. The van der Waals surface area contributed by atoms with Crippen LogP contribution in [0.25, 0.3) is 0 Å². The third kappa shape index (κ3) is 3.60. The molecular weight excluding hydrogens is 310 g/mol. The van der Waals surface area contributed by atoms with Crippen molar-refractivity contribution >= 4 is 11.9 Å². The molecule has 1 amide bonds. The van der Waals surface area contributed by atoms with E-state index in [-0.39, 0.29) is 11.3 Å². The van der Waals surface area contributed by atoms with Gasteiger partial charge in [-0.25, -0.2) is 4.79 Å². The van der Waals surface area contributed by atoms with Gasteiger partial charge in [0.15, 0.2) is 6.10 Å². The summed E-state index contributed by atoms with van der Waals surface area (Å²) in [7, 11) is 0. The Morgan fingerprint density at radius 3 is 2.42 bits per heavy atom. The van der Waals surface area contributed by atoms with Crippen LogP contribution in [0, 0.1) is 0 Å². The van der Waals surface area contributed by atoms with E-state index in [9.17, 15) is 9.59 Å². The summed E-state index contributed by atoms with van der Waals surface area (Å²) in [6.45, 7) is 1.86. The molecule has 0 aliphatic carbocycles. The van der Waals surface area contributed by atoms with Crippen LogP contribution in [-0.2, 0) is 24.5 Å². The molecule has 0 unspecified atom stereocenters. The maximum Gasteiger partial charge on any atom is 0.332 e. The molecule has 1 aromatic carbocycles. The number of amides is 1. The molecule has 2 N–H and O–H groups in total. The lowest BCUT2D eigenvalue weighted by Gasteiger charge is -2.38. The van der Waals surface area contributed by atoms with Crippen LogP contribution < -0.4 is 5.32 Å². The van der Waals surface area contributed by atoms with Gasteiger partial charge in [0.25, 0.3) is 0 Å². The number of carboxylic acids is 1. The maximum absolute atomic E-state index is 12.4. The zero-order valence-corrected chi connectivity index (χ0v) is 13.6. The summed E-state index contributed by atoms with van der Waals surface area (Å²) in [4.78, 5) is 23.3.